The van der Waals surface area contributed by atoms with Gasteiger partial charge in [-0.05, 0) is 26.3 Å². The van der Waals surface area contributed by atoms with Gasteiger partial charge in [0.25, 0.3) is 0 Å². The first-order chi connectivity index (χ1) is 13.1. The van der Waals surface area contributed by atoms with Crippen molar-refractivity contribution in [2.75, 3.05) is 0 Å². The van der Waals surface area contributed by atoms with Gasteiger partial charge >= 0.3 is 5.97 Å². The number of carbonyl (C=O) groups is 1. The van der Waals surface area contributed by atoms with Crippen LogP contribution in [0.15, 0.2) is 65.1 Å². The van der Waals surface area contributed by atoms with Crippen molar-refractivity contribution >= 4 is 5.97 Å². The van der Waals surface area contributed by atoms with Crippen molar-refractivity contribution in [3.05, 3.63) is 66.4 Å². The van der Waals surface area contributed by atoms with Gasteiger partial charge in [-0.25, -0.2) is 0 Å². The average molecular weight is 376 g/mol. The molecule has 2 aromatic carbocycles. The second-order valence-electron chi connectivity index (χ2n) is 9.09. The fourth-order valence-electron chi connectivity index (χ4n) is 2.91. The van der Waals surface area contributed by atoms with E-state index in [-0.39, 0.29) is 11.4 Å². The predicted molar refractivity (Wildman–Crippen MR) is 113 cm³/mol. The maximum absolute atomic E-state index is 12.8. The van der Waals surface area contributed by atoms with Crippen molar-refractivity contribution in [1.82, 2.24) is 0 Å². The summed E-state index contributed by atoms with van der Waals surface area (Å²) < 4.78 is 12.4. The number of furan rings is 1. The van der Waals surface area contributed by atoms with Crippen LogP contribution in [0.25, 0.3) is 22.5 Å². The number of rotatable bonds is 3. The Kier molecular flexibility index (Phi) is 5.20. The first-order valence-corrected chi connectivity index (χ1v) is 9.59. The van der Waals surface area contributed by atoms with Crippen LogP contribution in [0.4, 0.5) is 0 Å². The molecule has 1 heterocycles. The third-order valence-electron chi connectivity index (χ3n) is 4.45. The van der Waals surface area contributed by atoms with Gasteiger partial charge < -0.3 is 9.15 Å². The van der Waals surface area contributed by atoms with Crippen LogP contribution in [0.2, 0.25) is 0 Å². The standard InChI is InChI=1S/C25H28O3/c1-24(2,3)22-21(28-23(26)25(4,5)6)19(17-13-9-7-10-14-17)20(27-22)18-15-11-8-12-16-18/h7-16H,1-6H3. The third kappa shape index (κ3) is 4.04. The van der Waals surface area contributed by atoms with E-state index >= 15 is 0 Å². The Bertz CT molecular complexity index is 953. The van der Waals surface area contributed by atoms with E-state index < -0.39 is 5.41 Å². The molecule has 0 aliphatic carbocycles. The Morgan fingerprint density at radius 2 is 1.29 bits per heavy atom. The van der Waals surface area contributed by atoms with Crippen molar-refractivity contribution in [1.29, 1.82) is 0 Å². The average Bonchev–Trinajstić information content (AvgIpc) is 3.02. The number of hydrogen-bond acceptors (Lipinski definition) is 3. The molecule has 3 nitrogen and oxygen atoms in total. The van der Waals surface area contributed by atoms with Crippen molar-refractivity contribution in [2.45, 2.75) is 47.0 Å². The highest BCUT2D eigenvalue weighted by molar-refractivity contribution is 5.89. The molecule has 0 unspecified atom stereocenters. The molecular weight excluding hydrogens is 348 g/mol. The van der Waals surface area contributed by atoms with Gasteiger partial charge in [-0.3, -0.25) is 4.79 Å². The van der Waals surface area contributed by atoms with E-state index in [2.05, 4.69) is 20.8 Å². The van der Waals surface area contributed by atoms with Gasteiger partial charge in [-0.1, -0.05) is 81.4 Å². The second-order valence-corrected chi connectivity index (χ2v) is 9.09. The molecule has 3 rings (SSSR count). The van der Waals surface area contributed by atoms with Crippen LogP contribution in [0.5, 0.6) is 5.75 Å². The lowest BCUT2D eigenvalue weighted by molar-refractivity contribution is -0.143. The maximum atomic E-state index is 12.8. The lowest BCUT2D eigenvalue weighted by Gasteiger charge is -2.21. The van der Waals surface area contributed by atoms with Crippen molar-refractivity contribution < 1.29 is 13.9 Å². The summed E-state index contributed by atoms with van der Waals surface area (Å²) in [4.78, 5) is 12.8. The summed E-state index contributed by atoms with van der Waals surface area (Å²) in [5.41, 5.74) is 1.77. The zero-order valence-corrected chi connectivity index (χ0v) is 17.5. The molecule has 0 bridgehead atoms. The number of esters is 1. The summed E-state index contributed by atoms with van der Waals surface area (Å²) in [5.74, 6) is 1.62. The molecule has 28 heavy (non-hydrogen) atoms. The molecule has 1 aromatic heterocycles. The molecule has 0 aliphatic heterocycles. The maximum Gasteiger partial charge on any atom is 0.316 e. The molecule has 3 aromatic rings. The zero-order valence-electron chi connectivity index (χ0n) is 17.5. The van der Waals surface area contributed by atoms with Gasteiger partial charge in [0.15, 0.2) is 11.5 Å². The Balaban J connectivity index is 2.31. The normalized spacial score (nSPS) is 12.1. The molecule has 3 heteroatoms. The Morgan fingerprint density at radius 1 is 0.786 bits per heavy atom. The van der Waals surface area contributed by atoms with Gasteiger partial charge in [0.1, 0.15) is 5.76 Å². The minimum absolute atomic E-state index is 0.282. The Labute approximate surface area is 167 Å². The van der Waals surface area contributed by atoms with Crippen LogP contribution < -0.4 is 4.74 Å². The topological polar surface area (TPSA) is 39.4 Å². The van der Waals surface area contributed by atoms with Gasteiger partial charge in [-0.2, -0.15) is 0 Å². The molecule has 0 N–H and O–H groups in total. The molecule has 0 radical (unpaired) electrons. The van der Waals surface area contributed by atoms with Crippen LogP contribution in [0, 0.1) is 5.41 Å². The molecule has 0 saturated carbocycles. The number of carbonyl (C=O) groups excluding carboxylic acids is 1. The SMILES string of the molecule is CC(C)(C)C(=O)Oc1c(C(C)(C)C)oc(-c2ccccc2)c1-c1ccccc1. The van der Waals surface area contributed by atoms with Gasteiger partial charge in [0.2, 0.25) is 0 Å². The molecule has 0 saturated heterocycles. The minimum Gasteiger partial charge on any atom is -0.456 e. The molecule has 0 spiro atoms. The minimum atomic E-state index is -0.618. The van der Waals surface area contributed by atoms with E-state index in [0.717, 1.165) is 16.7 Å². The number of hydrogen-bond donors (Lipinski definition) is 0. The van der Waals surface area contributed by atoms with Crippen LogP contribution in [0.3, 0.4) is 0 Å². The summed E-state index contributed by atoms with van der Waals surface area (Å²) in [6.45, 7) is 11.7. The van der Waals surface area contributed by atoms with E-state index in [4.69, 9.17) is 9.15 Å². The van der Waals surface area contributed by atoms with Gasteiger partial charge in [0, 0.05) is 11.0 Å². The molecule has 0 amide bonds. The summed E-state index contributed by atoms with van der Waals surface area (Å²) in [6.07, 6.45) is 0. The lowest BCUT2D eigenvalue weighted by Crippen LogP contribution is -2.26. The molecular formula is C25H28O3. The first kappa shape index (κ1) is 19.9. The molecule has 0 fully saturated rings. The Hall–Kier alpha value is -2.81. The molecule has 0 aliphatic rings. The van der Waals surface area contributed by atoms with Crippen molar-refractivity contribution in [3.63, 3.8) is 0 Å². The lowest BCUT2D eigenvalue weighted by atomic mass is 9.90. The van der Waals surface area contributed by atoms with E-state index in [9.17, 15) is 4.79 Å². The van der Waals surface area contributed by atoms with E-state index in [1.807, 2.05) is 81.4 Å². The van der Waals surface area contributed by atoms with Gasteiger partial charge in [0.05, 0.1) is 11.0 Å². The first-order valence-electron chi connectivity index (χ1n) is 9.59. The summed E-state index contributed by atoms with van der Waals surface area (Å²) in [7, 11) is 0. The summed E-state index contributed by atoms with van der Waals surface area (Å²) in [6, 6.07) is 19.9. The second kappa shape index (κ2) is 7.31. The Morgan fingerprint density at radius 3 is 1.75 bits per heavy atom. The summed E-state index contributed by atoms with van der Waals surface area (Å²) >= 11 is 0. The fourth-order valence-corrected chi connectivity index (χ4v) is 2.91. The largest absolute Gasteiger partial charge is 0.456 e. The zero-order chi connectivity index (χ0) is 20.5. The van der Waals surface area contributed by atoms with Crippen LogP contribution in [-0.4, -0.2) is 5.97 Å². The highest BCUT2D eigenvalue weighted by Crippen LogP contribution is 2.48. The van der Waals surface area contributed by atoms with Crippen LogP contribution >= 0.6 is 0 Å². The van der Waals surface area contributed by atoms with Gasteiger partial charge in [-0.15, -0.1) is 0 Å². The van der Waals surface area contributed by atoms with Crippen molar-refractivity contribution in [2.24, 2.45) is 5.41 Å². The predicted octanol–water partition coefficient (Wildman–Crippen LogP) is 6.86. The fraction of sp³-hybridized carbons (Fsp3) is 0.320. The van der Waals surface area contributed by atoms with Crippen molar-refractivity contribution in [3.8, 4) is 28.2 Å². The number of ether oxygens (including phenoxy) is 1. The molecule has 146 valence electrons. The quantitative estimate of drug-likeness (QED) is 0.469. The van der Waals surface area contributed by atoms with E-state index in [1.54, 1.807) is 0 Å². The van der Waals surface area contributed by atoms with E-state index in [0.29, 0.717) is 17.3 Å². The monoisotopic (exact) mass is 376 g/mol. The summed E-state index contributed by atoms with van der Waals surface area (Å²) in [5, 5.41) is 0. The highest BCUT2D eigenvalue weighted by atomic mass is 16.5. The van der Waals surface area contributed by atoms with Crippen LogP contribution in [0.1, 0.15) is 47.3 Å². The number of benzene rings is 2. The van der Waals surface area contributed by atoms with E-state index in [1.165, 1.54) is 0 Å². The van der Waals surface area contributed by atoms with Crippen LogP contribution in [-0.2, 0) is 10.2 Å². The highest BCUT2D eigenvalue weighted by Gasteiger charge is 2.34. The molecule has 0 atom stereocenters. The third-order valence-corrected chi connectivity index (χ3v) is 4.45. The smallest absolute Gasteiger partial charge is 0.316 e.